The smallest absolute Gasteiger partial charge is 0.276 e. The zero-order valence-corrected chi connectivity index (χ0v) is 27.6. The highest BCUT2D eigenvalue weighted by molar-refractivity contribution is 6.04. The fourth-order valence-electron chi connectivity index (χ4n) is 5.44. The maximum Gasteiger partial charge on any atom is 0.276 e. The number of anilines is 2. The maximum absolute atomic E-state index is 13.4. The Balaban J connectivity index is 1.54. The summed E-state index contributed by atoms with van der Waals surface area (Å²) in [6.45, 7) is 4.54. The molecule has 8 N–H and O–H groups in total. The van der Waals surface area contributed by atoms with E-state index in [-0.39, 0.29) is 55.1 Å². The number of carbonyl (C=O) groups excluding carboxylic acids is 4. The van der Waals surface area contributed by atoms with Gasteiger partial charge in [0, 0.05) is 43.8 Å². The van der Waals surface area contributed by atoms with E-state index in [2.05, 4.69) is 31.1 Å². The van der Waals surface area contributed by atoms with Crippen LogP contribution >= 0.6 is 0 Å². The third kappa shape index (κ3) is 7.10. The molecule has 0 saturated carbocycles. The number of imidazole rings is 2. The van der Waals surface area contributed by atoms with E-state index in [1.165, 1.54) is 31.4 Å². The van der Waals surface area contributed by atoms with Crippen LogP contribution in [0.4, 0.5) is 11.9 Å². The number of benzene rings is 2. The number of hydrazine groups is 1. The zero-order valence-electron chi connectivity index (χ0n) is 27.6. The number of nitrogens with two attached hydrogens (primary N) is 2. The van der Waals surface area contributed by atoms with Gasteiger partial charge in [0.2, 0.25) is 24.2 Å². The van der Waals surface area contributed by atoms with Gasteiger partial charge in [-0.3, -0.25) is 39.9 Å². The first-order chi connectivity index (χ1) is 24.1. The number of amides is 4. The molecule has 262 valence electrons. The molecule has 0 bridgehead atoms. The second-order valence-corrected chi connectivity index (χ2v) is 10.9. The topological polar surface area (TPSA) is 249 Å². The molecule has 0 saturated heterocycles. The summed E-state index contributed by atoms with van der Waals surface area (Å²) in [6, 6.07) is 7.70. The summed E-state index contributed by atoms with van der Waals surface area (Å²) >= 11 is 0. The Kier molecular flexibility index (Phi) is 10.7. The maximum atomic E-state index is 13.4. The number of aliphatic hydroxyl groups is 1. The van der Waals surface area contributed by atoms with Crippen molar-refractivity contribution in [2.75, 3.05) is 31.0 Å². The van der Waals surface area contributed by atoms with Gasteiger partial charge in [-0.2, -0.15) is 5.10 Å². The van der Waals surface area contributed by atoms with Gasteiger partial charge >= 0.3 is 0 Å². The van der Waals surface area contributed by atoms with E-state index in [9.17, 15) is 24.3 Å². The lowest BCUT2D eigenvalue weighted by atomic mass is 10.1. The fourth-order valence-corrected chi connectivity index (χ4v) is 5.44. The highest BCUT2D eigenvalue weighted by Crippen LogP contribution is 2.33. The monoisotopic (exact) mass is 687 g/mol. The van der Waals surface area contributed by atoms with Crippen LogP contribution in [0.25, 0.3) is 22.1 Å². The van der Waals surface area contributed by atoms with E-state index >= 15 is 0 Å². The van der Waals surface area contributed by atoms with Crippen LogP contribution in [0.15, 0.2) is 42.5 Å². The van der Waals surface area contributed by atoms with Crippen molar-refractivity contribution in [2.45, 2.75) is 39.9 Å². The number of hydrogen-bond donors (Lipinski definition) is 6. The van der Waals surface area contributed by atoms with Crippen LogP contribution in [0.2, 0.25) is 0 Å². The lowest BCUT2D eigenvalue weighted by Gasteiger charge is -2.12. The first-order valence-corrected chi connectivity index (χ1v) is 15.5. The molecule has 5 aromatic rings. The molecule has 18 nitrogen and oxygen atoms in total. The molecule has 18 heteroatoms. The number of primary amides is 1. The third-order valence-corrected chi connectivity index (χ3v) is 7.66. The number of allylic oxidation sites excluding steroid dienone is 2. The number of nitrogens with one attached hydrogen (secondary N) is 3. The summed E-state index contributed by atoms with van der Waals surface area (Å²) in [6.07, 6.45) is 4.42. The van der Waals surface area contributed by atoms with Gasteiger partial charge in [-0.15, -0.1) is 0 Å². The number of rotatable bonds is 16. The Bertz CT molecular complexity index is 2110. The van der Waals surface area contributed by atoms with Crippen molar-refractivity contribution in [3.63, 3.8) is 0 Å². The van der Waals surface area contributed by atoms with Crippen LogP contribution in [0, 0.1) is 6.92 Å². The van der Waals surface area contributed by atoms with Crippen molar-refractivity contribution in [1.29, 1.82) is 0 Å². The third-order valence-electron chi connectivity index (χ3n) is 7.66. The van der Waals surface area contributed by atoms with Gasteiger partial charge in [-0.05, 0) is 44.2 Å². The van der Waals surface area contributed by atoms with Gasteiger partial charge in [0.25, 0.3) is 11.8 Å². The van der Waals surface area contributed by atoms with Crippen molar-refractivity contribution in [1.82, 2.24) is 34.3 Å². The first kappa shape index (κ1) is 35.0. The number of nitrogens with zero attached hydrogens (tertiary/aromatic N) is 6. The zero-order chi connectivity index (χ0) is 35.9. The highest BCUT2D eigenvalue weighted by Gasteiger charge is 2.22. The van der Waals surface area contributed by atoms with Crippen LogP contribution in [0.5, 0.6) is 11.5 Å². The van der Waals surface area contributed by atoms with Gasteiger partial charge in [-0.1, -0.05) is 12.2 Å². The molecule has 3 heterocycles. The summed E-state index contributed by atoms with van der Waals surface area (Å²) in [5.41, 5.74) is 10.7. The van der Waals surface area contributed by atoms with E-state index in [1.807, 2.05) is 6.92 Å². The van der Waals surface area contributed by atoms with E-state index in [0.717, 1.165) is 0 Å². The van der Waals surface area contributed by atoms with Gasteiger partial charge in [-0.25, -0.2) is 15.8 Å². The fraction of sp³-hybridized carbons (Fsp3) is 0.281. The molecule has 4 amide bonds. The van der Waals surface area contributed by atoms with Crippen LogP contribution in [0.1, 0.15) is 50.2 Å². The van der Waals surface area contributed by atoms with E-state index in [0.29, 0.717) is 58.6 Å². The number of methoxy groups -OCH3 is 1. The minimum atomic E-state index is -0.671. The van der Waals surface area contributed by atoms with Gasteiger partial charge in [0.15, 0.2) is 0 Å². The van der Waals surface area contributed by atoms with E-state index in [1.54, 1.807) is 39.0 Å². The molecule has 0 aliphatic rings. The van der Waals surface area contributed by atoms with E-state index < -0.39 is 17.7 Å². The normalized spacial score (nSPS) is 11.3. The molecular weight excluding hydrogens is 650 g/mol. The molecule has 0 atom stereocenters. The first-order valence-electron chi connectivity index (χ1n) is 15.5. The summed E-state index contributed by atoms with van der Waals surface area (Å²) in [5, 5.41) is 19.1. The number of aromatic nitrogens is 6. The molecule has 0 radical (unpaired) electrons. The van der Waals surface area contributed by atoms with Gasteiger partial charge in [0.05, 0.1) is 30.4 Å². The summed E-state index contributed by atoms with van der Waals surface area (Å²) in [7, 11) is 1.45. The standard InChI is InChI=1S/C32H37N11O7/c1-4-43-23(12-18(2)40-43)30(48)38-32-37-21-13-19(28(33)46)15-24(49-3)26(21)42(32)9-6-5-8-41-27-22(36-31(41)35-17-45)14-20(29(47)39-34)16-25(27)50-11-7-10-44/h5-6,12-17,44H,4,7-11,34H2,1-3H3,(H2,33,46)(H,39,47)(H,35,36,45)(H,37,38,48)/b6-5+. The summed E-state index contributed by atoms with van der Waals surface area (Å²) in [4.78, 5) is 58.5. The Morgan fingerprint density at radius 3 is 2.20 bits per heavy atom. The number of nitrogen functional groups attached to an aromatic ring is 1. The minimum absolute atomic E-state index is 0.103. The molecule has 2 aromatic carbocycles. The second kappa shape index (κ2) is 15.3. The number of fused-ring (bicyclic) bond motifs is 2. The molecule has 0 unspecified atom stereocenters. The molecule has 0 spiro atoms. The molecule has 50 heavy (non-hydrogen) atoms. The lowest BCUT2D eigenvalue weighted by molar-refractivity contribution is -0.105. The molecular formula is C32H37N11O7. The average molecular weight is 688 g/mol. The van der Waals surface area contributed by atoms with Crippen molar-refractivity contribution in [3.8, 4) is 11.5 Å². The Hall–Kier alpha value is -6.27. The van der Waals surface area contributed by atoms with Crippen molar-refractivity contribution >= 4 is 58.1 Å². The van der Waals surface area contributed by atoms with Crippen LogP contribution < -0.4 is 37.1 Å². The Labute approximate surface area is 285 Å². The molecule has 0 aliphatic carbocycles. The quantitative estimate of drug-likeness (QED) is 0.0216. The number of ether oxygens (including phenoxy) is 2. The number of carbonyl (C=O) groups is 4. The number of aliphatic hydroxyl groups excluding tert-OH is 1. The molecule has 3 aromatic heterocycles. The van der Waals surface area contributed by atoms with Crippen molar-refractivity contribution < 1.29 is 33.8 Å². The Morgan fingerprint density at radius 2 is 1.58 bits per heavy atom. The summed E-state index contributed by atoms with van der Waals surface area (Å²) in [5.74, 6) is 4.63. The van der Waals surface area contributed by atoms with Crippen molar-refractivity contribution in [3.05, 3.63) is 65.0 Å². The van der Waals surface area contributed by atoms with Gasteiger partial charge < -0.3 is 29.4 Å². The number of hydrogen-bond acceptors (Lipinski definition) is 11. The molecule has 5 rings (SSSR count). The minimum Gasteiger partial charge on any atom is -0.494 e. The van der Waals surface area contributed by atoms with Gasteiger partial charge in [0.1, 0.15) is 28.2 Å². The summed E-state index contributed by atoms with van der Waals surface area (Å²) < 4.78 is 16.5. The molecule has 0 fully saturated rings. The largest absolute Gasteiger partial charge is 0.494 e. The predicted molar refractivity (Wildman–Crippen MR) is 183 cm³/mol. The van der Waals surface area contributed by atoms with Crippen LogP contribution in [-0.4, -0.2) is 78.4 Å². The van der Waals surface area contributed by atoms with Crippen LogP contribution in [-0.2, 0) is 24.4 Å². The Morgan fingerprint density at radius 1 is 0.940 bits per heavy atom. The van der Waals surface area contributed by atoms with Crippen LogP contribution in [0.3, 0.4) is 0 Å². The number of aryl methyl sites for hydroxylation is 2. The predicted octanol–water partition coefficient (Wildman–Crippen LogP) is 1.46. The highest BCUT2D eigenvalue weighted by atomic mass is 16.5. The molecule has 0 aliphatic heterocycles. The van der Waals surface area contributed by atoms with Crippen molar-refractivity contribution in [2.24, 2.45) is 11.6 Å². The SMILES string of the molecule is CCn1nc(C)cc1C(=O)Nc1nc2cc(C(N)=O)cc(OC)c2n1C/C=C/Cn1c(NC=O)nc2cc(C(=O)NN)cc(OCCCO)c21. The second-order valence-electron chi connectivity index (χ2n) is 10.9. The lowest BCUT2D eigenvalue weighted by Crippen LogP contribution is -2.30. The average Bonchev–Trinajstić information content (AvgIpc) is 3.78. The van der Waals surface area contributed by atoms with E-state index in [4.69, 9.17) is 21.1 Å².